The van der Waals surface area contributed by atoms with Crippen molar-refractivity contribution in [1.82, 2.24) is 24.0 Å². The molecule has 0 spiro atoms. The summed E-state index contributed by atoms with van der Waals surface area (Å²) in [5, 5.41) is 2.04. The van der Waals surface area contributed by atoms with Crippen molar-refractivity contribution in [2.24, 2.45) is 14.1 Å². The van der Waals surface area contributed by atoms with Crippen LogP contribution in [0.5, 0.6) is 0 Å². The zero-order chi connectivity index (χ0) is 17.3. The van der Waals surface area contributed by atoms with E-state index >= 15 is 0 Å². The molecule has 126 valence electrons. The summed E-state index contributed by atoms with van der Waals surface area (Å²) >= 11 is 1.70. The lowest BCUT2D eigenvalue weighted by molar-refractivity contribution is 0.282. The van der Waals surface area contributed by atoms with Crippen LogP contribution in [0.1, 0.15) is 10.7 Å². The second-order valence-corrected chi connectivity index (χ2v) is 6.66. The molecular weight excluding hydrogens is 326 g/mol. The van der Waals surface area contributed by atoms with Gasteiger partial charge in [0.15, 0.2) is 5.65 Å². The number of aromatic nitrogens is 4. The van der Waals surface area contributed by atoms with Gasteiger partial charge in [-0.1, -0.05) is 12.1 Å². The summed E-state index contributed by atoms with van der Waals surface area (Å²) in [5.74, 6) is 0.654. The second-order valence-electron chi connectivity index (χ2n) is 5.63. The van der Waals surface area contributed by atoms with Crippen LogP contribution in [0.25, 0.3) is 11.2 Å². The van der Waals surface area contributed by atoms with Crippen molar-refractivity contribution in [1.29, 1.82) is 0 Å². The molecule has 1 N–H and O–H groups in total. The Balaban J connectivity index is 1.95. The zero-order valence-corrected chi connectivity index (χ0v) is 14.5. The van der Waals surface area contributed by atoms with Crippen molar-refractivity contribution in [2.75, 3.05) is 6.54 Å². The predicted molar refractivity (Wildman–Crippen MR) is 95.2 cm³/mol. The maximum absolute atomic E-state index is 12.2. The van der Waals surface area contributed by atoms with E-state index in [0.717, 1.165) is 11.1 Å². The third-order valence-electron chi connectivity index (χ3n) is 3.86. The molecule has 0 saturated heterocycles. The number of nitrogens with one attached hydrogen (secondary N) is 1. The molecule has 3 rings (SSSR count). The summed E-state index contributed by atoms with van der Waals surface area (Å²) in [6.45, 7) is 5.81. The number of fused-ring (bicyclic) bond motifs is 1. The molecular formula is C16H19N5O2S. The highest BCUT2D eigenvalue weighted by Gasteiger charge is 2.15. The lowest BCUT2D eigenvalue weighted by Gasteiger charge is -2.18. The Morgan fingerprint density at radius 2 is 2.12 bits per heavy atom. The molecule has 24 heavy (non-hydrogen) atoms. The summed E-state index contributed by atoms with van der Waals surface area (Å²) in [7, 11) is 3.08. The lowest BCUT2D eigenvalue weighted by atomic mass is 10.4. The van der Waals surface area contributed by atoms with Gasteiger partial charge in [0.2, 0.25) is 0 Å². The highest BCUT2D eigenvalue weighted by atomic mass is 32.1. The van der Waals surface area contributed by atoms with Gasteiger partial charge >= 0.3 is 5.69 Å². The SMILES string of the molecule is C=CCN(Cc1nc2c([nH]1)c(=O)n(C)c(=O)n2C)Cc1cccs1. The Morgan fingerprint density at radius 1 is 1.33 bits per heavy atom. The third kappa shape index (κ3) is 2.98. The summed E-state index contributed by atoms with van der Waals surface area (Å²) in [6.07, 6.45) is 1.84. The average Bonchev–Trinajstić information content (AvgIpc) is 3.21. The van der Waals surface area contributed by atoms with Gasteiger partial charge in [0, 0.05) is 32.1 Å². The number of imidazole rings is 1. The molecule has 0 atom stereocenters. The summed E-state index contributed by atoms with van der Waals surface area (Å²) in [4.78, 5) is 35.2. The monoisotopic (exact) mass is 345 g/mol. The third-order valence-corrected chi connectivity index (χ3v) is 4.73. The minimum atomic E-state index is -0.382. The van der Waals surface area contributed by atoms with Gasteiger partial charge in [0.1, 0.15) is 11.3 Å². The molecule has 0 radical (unpaired) electrons. The highest BCUT2D eigenvalue weighted by molar-refractivity contribution is 7.09. The summed E-state index contributed by atoms with van der Waals surface area (Å²) in [5.41, 5.74) is -0.00971. The van der Waals surface area contributed by atoms with Crippen molar-refractivity contribution < 1.29 is 0 Å². The molecule has 0 fully saturated rings. The van der Waals surface area contributed by atoms with E-state index in [9.17, 15) is 9.59 Å². The molecule has 3 aromatic rings. The average molecular weight is 345 g/mol. The largest absolute Gasteiger partial charge is 0.335 e. The van der Waals surface area contributed by atoms with Crippen LogP contribution in [0.4, 0.5) is 0 Å². The van der Waals surface area contributed by atoms with Crippen molar-refractivity contribution in [3.8, 4) is 0 Å². The van der Waals surface area contributed by atoms with Crippen molar-refractivity contribution in [3.05, 3.63) is 61.7 Å². The first kappa shape index (κ1) is 16.4. The van der Waals surface area contributed by atoms with E-state index in [2.05, 4.69) is 27.5 Å². The van der Waals surface area contributed by atoms with Gasteiger partial charge in [0.05, 0.1) is 6.54 Å². The Bertz CT molecular complexity index is 980. The van der Waals surface area contributed by atoms with Crippen molar-refractivity contribution in [2.45, 2.75) is 13.1 Å². The topological polar surface area (TPSA) is 75.9 Å². The molecule has 8 heteroatoms. The Labute approximate surface area is 142 Å². The molecule has 0 aliphatic rings. The molecule has 0 aromatic carbocycles. The van der Waals surface area contributed by atoms with Crippen LogP contribution in [-0.4, -0.2) is 30.5 Å². The van der Waals surface area contributed by atoms with Crippen molar-refractivity contribution >= 4 is 22.5 Å². The summed E-state index contributed by atoms with van der Waals surface area (Å²) in [6, 6.07) is 4.10. The smallest absolute Gasteiger partial charge is 0.332 e. The molecule has 0 aliphatic heterocycles. The fraction of sp³-hybridized carbons (Fsp3) is 0.312. The number of nitrogens with zero attached hydrogens (tertiary/aromatic N) is 4. The van der Waals surface area contributed by atoms with Gasteiger partial charge in [-0.3, -0.25) is 18.8 Å². The number of thiophene rings is 1. The molecule has 7 nitrogen and oxygen atoms in total. The van der Waals surface area contributed by atoms with E-state index in [4.69, 9.17) is 0 Å². The Kier molecular flexibility index (Phi) is 4.50. The van der Waals surface area contributed by atoms with E-state index in [-0.39, 0.29) is 11.2 Å². The molecule has 0 aliphatic carbocycles. The van der Waals surface area contributed by atoms with Crippen LogP contribution >= 0.6 is 11.3 Å². The highest BCUT2D eigenvalue weighted by Crippen LogP contribution is 2.14. The van der Waals surface area contributed by atoms with Gasteiger partial charge in [-0.15, -0.1) is 17.9 Å². The molecule has 3 heterocycles. The lowest BCUT2D eigenvalue weighted by Crippen LogP contribution is -2.36. The first-order valence-corrected chi connectivity index (χ1v) is 8.39. The van der Waals surface area contributed by atoms with E-state index < -0.39 is 0 Å². The van der Waals surface area contributed by atoms with Gasteiger partial charge in [-0.05, 0) is 11.4 Å². The minimum Gasteiger partial charge on any atom is -0.335 e. The minimum absolute atomic E-state index is 0.351. The quantitative estimate of drug-likeness (QED) is 0.682. The van der Waals surface area contributed by atoms with Gasteiger partial charge in [-0.2, -0.15) is 0 Å². The predicted octanol–water partition coefficient (Wildman–Crippen LogP) is 1.21. The number of rotatable bonds is 6. The molecule has 0 unspecified atom stereocenters. The van der Waals surface area contributed by atoms with E-state index in [1.807, 2.05) is 17.5 Å². The van der Waals surface area contributed by atoms with Gasteiger partial charge < -0.3 is 4.98 Å². The number of hydrogen-bond donors (Lipinski definition) is 1. The van der Waals surface area contributed by atoms with Gasteiger partial charge in [0.25, 0.3) is 5.56 Å². The number of aromatic amines is 1. The summed E-state index contributed by atoms with van der Waals surface area (Å²) < 4.78 is 2.46. The van der Waals surface area contributed by atoms with Crippen LogP contribution in [0.3, 0.4) is 0 Å². The molecule has 0 saturated carbocycles. The second kappa shape index (κ2) is 6.58. The fourth-order valence-electron chi connectivity index (χ4n) is 2.65. The maximum atomic E-state index is 12.2. The number of H-pyrrole nitrogens is 1. The van der Waals surface area contributed by atoms with Crippen LogP contribution in [0.15, 0.2) is 39.8 Å². The van der Waals surface area contributed by atoms with Crippen LogP contribution in [-0.2, 0) is 27.2 Å². The Hall–Kier alpha value is -2.45. The van der Waals surface area contributed by atoms with Crippen LogP contribution in [0, 0.1) is 0 Å². The normalized spacial score (nSPS) is 11.5. The van der Waals surface area contributed by atoms with Crippen LogP contribution in [0.2, 0.25) is 0 Å². The number of hydrogen-bond acceptors (Lipinski definition) is 5. The molecule has 0 bridgehead atoms. The molecule has 0 amide bonds. The first-order valence-electron chi connectivity index (χ1n) is 7.51. The number of aryl methyl sites for hydroxylation is 1. The first-order chi connectivity index (χ1) is 11.5. The van der Waals surface area contributed by atoms with E-state index in [1.54, 1.807) is 18.4 Å². The standard InChI is InChI=1S/C16H19N5O2S/c1-4-7-21(9-11-6-5-8-24-11)10-12-17-13-14(18-12)19(2)16(23)20(3)15(13)22/h4-6,8H,1,7,9-10H2,2-3H3,(H,17,18). The fourth-order valence-corrected chi connectivity index (χ4v) is 3.40. The Morgan fingerprint density at radius 3 is 2.79 bits per heavy atom. The van der Waals surface area contributed by atoms with Crippen LogP contribution < -0.4 is 11.2 Å². The van der Waals surface area contributed by atoms with E-state index in [1.165, 1.54) is 16.5 Å². The van der Waals surface area contributed by atoms with Gasteiger partial charge in [-0.25, -0.2) is 9.78 Å². The van der Waals surface area contributed by atoms with E-state index in [0.29, 0.717) is 30.1 Å². The maximum Gasteiger partial charge on any atom is 0.332 e. The van der Waals surface area contributed by atoms with Crippen molar-refractivity contribution in [3.63, 3.8) is 0 Å². The zero-order valence-electron chi connectivity index (χ0n) is 13.7. The molecule has 3 aromatic heterocycles.